The monoisotopic (exact) mass is 330 g/mol. The van der Waals surface area contributed by atoms with Crippen LogP contribution in [0.2, 0.25) is 0 Å². The zero-order chi connectivity index (χ0) is 17.2. The van der Waals surface area contributed by atoms with E-state index in [1.807, 2.05) is 18.3 Å². The van der Waals surface area contributed by atoms with Gasteiger partial charge in [-0.1, -0.05) is 13.0 Å². The molecular formula is C18H30N6. The molecule has 2 heterocycles. The molecule has 1 aromatic heterocycles. The predicted molar refractivity (Wildman–Crippen MR) is 102 cm³/mol. The minimum absolute atomic E-state index is 0.636. The van der Waals surface area contributed by atoms with E-state index in [1.165, 1.54) is 5.56 Å². The Kier molecular flexibility index (Phi) is 7.55. The van der Waals surface area contributed by atoms with Gasteiger partial charge in [-0.2, -0.15) is 0 Å². The van der Waals surface area contributed by atoms with E-state index in [-0.39, 0.29) is 0 Å². The lowest BCUT2D eigenvalue weighted by Gasteiger charge is -2.34. The van der Waals surface area contributed by atoms with Crippen molar-refractivity contribution in [1.82, 2.24) is 20.5 Å². The molecule has 2 N–H and O–H groups in total. The lowest BCUT2D eigenvalue weighted by atomic mass is 10.2. The zero-order valence-corrected chi connectivity index (χ0v) is 15.0. The second-order valence-corrected chi connectivity index (χ2v) is 5.81. The molecule has 0 bridgehead atoms. The Bertz CT molecular complexity index is 534. The fourth-order valence-electron chi connectivity index (χ4n) is 2.71. The number of pyridine rings is 1. The molecule has 0 spiro atoms. The van der Waals surface area contributed by atoms with Crippen molar-refractivity contribution in [1.29, 1.82) is 0 Å². The van der Waals surface area contributed by atoms with Gasteiger partial charge >= 0.3 is 0 Å². The smallest absolute Gasteiger partial charge is 0.191 e. The van der Waals surface area contributed by atoms with Gasteiger partial charge < -0.3 is 20.4 Å². The number of anilines is 1. The summed E-state index contributed by atoms with van der Waals surface area (Å²) in [5, 5.41) is 6.46. The van der Waals surface area contributed by atoms with Crippen molar-refractivity contribution in [3.63, 3.8) is 0 Å². The summed E-state index contributed by atoms with van der Waals surface area (Å²) in [4.78, 5) is 14.0. The maximum absolute atomic E-state index is 4.62. The van der Waals surface area contributed by atoms with Crippen LogP contribution in [0.15, 0.2) is 36.0 Å². The molecule has 2 rings (SSSR count). The van der Waals surface area contributed by atoms with Gasteiger partial charge in [0.2, 0.25) is 0 Å². The number of hydrogen-bond acceptors (Lipinski definition) is 4. The summed E-state index contributed by atoms with van der Waals surface area (Å²) in [6.07, 6.45) is 3.71. The van der Waals surface area contributed by atoms with Gasteiger partial charge in [0.1, 0.15) is 5.82 Å². The fraction of sp³-hybridized carbons (Fsp3) is 0.556. The highest BCUT2D eigenvalue weighted by Gasteiger charge is 2.16. The Morgan fingerprint density at radius 3 is 2.75 bits per heavy atom. The number of hydrogen-bond donors (Lipinski definition) is 2. The van der Waals surface area contributed by atoms with Gasteiger partial charge in [0.25, 0.3) is 0 Å². The standard InChI is InChI=1S/C18H30N6/c1-4-8-21-18(19-5-2)22-15-16-7-9-20-17(14-16)24-12-10-23(6-3)11-13-24/h4,7,9,14H,1,5-6,8,10-13,15H2,2-3H3,(H2,19,21,22). The highest BCUT2D eigenvalue weighted by molar-refractivity contribution is 5.79. The molecule has 1 aliphatic heterocycles. The Morgan fingerprint density at radius 2 is 2.08 bits per heavy atom. The number of aromatic nitrogens is 1. The molecular weight excluding hydrogens is 300 g/mol. The molecule has 1 saturated heterocycles. The lowest BCUT2D eigenvalue weighted by Crippen LogP contribution is -2.46. The van der Waals surface area contributed by atoms with Crippen LogP contribution < -0.4 is 15.5 Å². The first kappa shape index (κ1) is 18.3. The average Bonchev–Trinajstić information content (AvgIpc) is 2.64. The summed E-state index contributed by atoms with van der Waals surface area (Å²) < 4.78 is 0. The normalized spacial score (nSPS) is 16.1. The first-order valence-electron chi connectivity index (χ1n) is 8.82. The molecule has 24 heavy (non-hydrogen) atoms. The van der Waals surface area contributed by atoms with E-state index in [0.29, 0.717) is 13.1 Å². The van der Waals surface area contributed by atoms with Gasteiger partial charge in [-0.25, -0.2) is 9.98 Å². The molecule has 0 radical (unpaired) electrons. The minimum atomic E-state index is 0.636. The van der Waals surface area contributed by atoms with E-state index >= 15 is 0 Å². The SMILES string of the molecule is C=CCNC(=NCc1ccnc(N2CCN(CC)CC2)c1)NCC. The van der Waals surface area contributed by atoms with Crippen LogP contribution in [0.5, 0.6) is 0 Å². The molecule has 0 aliphatic carbocycles. The predicted octanol–water partition coefficient (Wildman–Crippen LogP) is 1.46. The average molecular weight is 330 g/mol. The highest BCUT2D eigenvalue weighted by Crippen LogP contribution is 2.15. The van der Waals surface area contributed by atoms with Gasteiger partial charge in [-0.15, -0.1) is 6.58 Å². The van der Waals surface area contributed by atoms with Crippen molar-refractivity contribution in [3.05, 3.63) is 36.5 Å². The Hall–Kier alpha value is -2.08. The van der Waals surface area contributed by atoms with E-state index in [2.05, 4.69) is 56.9 Å². The van der Waals surface area contributed by atoms with Gasteiger partial charge in [-0.3, -0.25) is 0 Å². The maximum Gasteiger partial charge on any atom is 0.191 e. The second-order valence-electron chi connectivity index (χ2n) is 5.81. The van der Waals surface area contributed by atoms with Crippen LogP contribution in [0, 0.1) is 0 Å². The Labute approximate surface area is 145 Å². The molecule has 0 atom stereocenters. The van der Waals surface area contributed by atoms with Crippen LogP contribution >= 0.6 is 0 Å². The number of nitrogens with one attached hydrogen (secondary N) is 2. The molecule has 0 unspecified atom stereocenters. The summed E-state index contributed by atoms with van der Waals surface area (Å²) in [6.45, 7) is 15.6. The molecule has 1 aromatic rings. The van der Waals surface area contributed by atoms with E-state index in [9.17, 15) is 0 Å². The topological polar surface area (TPSA) is 55.8 Å². The second kappa shape index (κ2) is 9.93. The van der Waals surface area contributed by atoms with Crippen molar-refractivity contribution in [2.45, 2.75) is 20.4 Å². The third-order valence-corrected chi connectivity index (χ3v) is 4.13. The van der Waals surface area contributed by atoms with Gasteiger partial charge in [0, 0.05) is 45.5 Å². The van der Waals surface area contributed by atoms with Crippen LogP contribution in [0.1, 0.15) is 19.4 Å². The summed E-state index contributed by atoms with van der Waals surface area (Å²) in [7, 11) is 0. The van der Waals surface area contributed by atoms with E-state index in [0.717, 1.165) is 51.0 Å². The largest absolute Gasteiger partial charge is 0.357 e. The number of nitrogens with zero attached hydrogens (tertiary/aromatic N) is 4. The summed E-state index contributed by atoms with van der Waals surface area (Å²) >= 11 is 0. The first-order valence-corrected chi connectivity index (χ1v) is 8.82. The van der Waals surface area contributed by atoms with Crippen LogP contribution in [-0.4, -0.2) is 61.7 Å². The third-order valence-electron chi connectivity index (χ3n) is 4.13. The zero-order valence-electron chi connectivity index (χ0n) is 15.0. The molecule has 6 nitrogen and oxygen atoms in total. The quantitative estimate of drug-likeness (QED) is 0.450. The van der Waals surface area contributed by atoms with E-state index < -0.39 is 0 Å². The number of likely N-dealkylation sites (N-methyl/N-ethyl adjacent to an activating group) is 1. The van der Waals surface area contributed by atoms with Crippen molar-refractivity contribution >= 4 is 11.8 Å². The molecule has 1 aliphatic rings. The summed E-state index contributed by atoms with van der Waals surface area (Å²) in [6, 6.07) is 4.19. The molecule has 1 fully saturated rings. The van der Waals surface area contributed by atoms with E-state index in [4.69, 9.17) is 0 Å². The van der Waals surface area contributed by atoms with Gasteiger partial charge in [0.15, 0.2) is 5.96 Å². The Morgan fingerprint density at radius 1 is 1.29 bits per heavy atom. The third kappa shape index (κ3) is 5.53. The first-order chi connectivity index (χ1) is 11.8. The number of guanidine groups is 1. The fourth-order valence-corrected chi connectivity index (χ4v) is 2.71. The molecule has 0 aromatic carbocycles. The molecule has 6 heteroatoms. The lowest BCUT2D eigenvalue weighted by molar-refractivity contribution is 0.270. The summed E-state index contributed by atoms with van der Waals surface area (Å²) in [5.74, 6) is 1.87. The van der Waals surface area contributed by atoms with Crippen molar-refractivity contribution in [2.75, 3.05) is 50.7 Å². The maximum atomic E-state index is 4.62. The van der Waals surface area contributed by atoms with Crippen LogP contribution in [0.3, 0.4) is 0 Å². The number of piperazine rings is 1. The van der Waals surface area contributed by atoms with Crippen molar-refractivity contribution < 1.29 is 0 Å². The van der Waals surface area contributed by atoms with Gasteiger partial charge in [-0.05, 0) is 31.2 Å². The number of rotatable bonds is 7. The minimum Gasteiger partial charge on any atom is -0.357 e. The summed E-state index contributed by atoms with van der Waals surface area (Å²) in [5.41, 5.74) is 1.17. The van der Waals surface area contributed by atoms with E-state index in [1.54, 1.807) is 0 Å². The van der Waals surface area contributed by atoms with Crippen LogP contribution in [-0.2, 0) is 6.54 Å². The molecule has 0 saturated carbocycles. The van der Waals surface area contributed by atoms with Crippen molar-refractivity contribution in [3.8, 4) is 0 Å². The number of aliphatic imine (C=N–C) groups is 1. The molecule has 0 amide bonds. The highest BCUT2D eigenvalue weighted by atomic mass is 15.3. The van der Waals surface area contributed by atoms with Crippen molar-refractivity contribution in [2.24, 2.45) is 4.99 Å². The van der Waals surface area contributed by atoms with Gasteiger partial charge in [0.05, 0.1) is 6.54 Å². The van der Waals surface area contributed by atoms with Crippen LogP contribution in [0.25, 0.3) is 0 Å². The Balaban J connectivity index is 1.97. The molecule has 132 valence electrons. The van der Waals surface area contributed by atoms with Crippen LogP contribution in [0.4, 0.5) is 5.82 Å².